The van der Waals surface area contributed by atoms with Gasteiger partial charge in [-0.15, -0.1) is 0 Å². The molecule has 174 valence electrons. The van der Waals surface area contributed by atoms with E-state index >= 15 is 0 Å². The third kappa shape index (κ3) is 5.47. The van der Waals surface area contributed by atoms with Crippen molar-refractivity contribution in [3.63, 3.8) is 0 Å². The van der Waals surface area contributed by atoms with Crippen LogP contribution in [-0.4, -0.2) is 32.2 Å². The summed E-state index contributed by atoms with van der Waals surface area (Å²) in [5, 5.41) is 14.6. The average molecular weight is 466 g/mol. The number of morpholine rings is 1. The van der Waals surface area contributed by atoms with E-state index in [1.54, 1.807) is 42.5 Å². The summed E-state index contributed by atoms with van der Waals surface area (Å²) in [4.78, 5) is 14.8. The summed E-state index contributed by atoms with van der Waals surface area (Å²) in [7, 11) is 0. The van der Waals surface area contributed by atoms with E-state index < -0.39 is 17.3 Å². The second-order valence-electron chi connectivity index (χ2n) is 7.67. The minimum Gasteiger partial charge on any atom is -0.378 e. The number of nitriles is 1. The molecule has 1 saturated heterocycles. The molecule has 0 radical (unpaired) electrons. The third-order valence-corrected chi connectivity index (χ3v) is 5.38. The second kappa shape index (κ2) is 9.85. The summed E-state index contributed by atoms with van der Waals surface area (Å²) in [5.74, 6) is -0.267. The fourth-order valence-corrected chi connectivity index (χ4v) is 3.61. The zero-order valence-electron chi connectivity index (χ0n) is 18.0. The molecule has 1 aliphatic rings. The molecule has 4 rings (SSSR count). The summed E-state index contributed by atoms with van der Waals surface area (Å²) in [5.41, 5.74) is 1.39. The number of alkyl halides is 3. The molecule has 3 aromatic carbocycles. The summed E-state index contributed by atoms with van der Waals surface area (Å²) < 4.78 is 44.8. The maximum Gasteiger partial charge on any atom is 0.417 e. The van der Waals surface area contributed by atoms with Gasteiger partial charge in [0.05, 0.1) is 30.4 Å². The first-order valence-corrected chi connectivity index (χ1v) is 10.6. The van der Waals surface area contributed by atoms with Crippen molar-refractivity contribution in [2.45, 2.75) is 6.18 Å². The summed E-state index contributed by atoms with van der Waals surface area (Å²) in [6, 6.07) is 18.9. The zero-order valence-corrected chi connectivity index (χ0v) is 18.0. The van der Waals surface area contributed by atoms with Gasteiger partial charge in [0, 0.05) is 41.4 Å². The fraction of sp³-hybridized carbons (Fsp3) is 0.200. The van der Waals surface area contributed by atoms with E-state index in [0.29, 0.717) is 30.2 Å². The predicted octanol–water partition coefficient (Wildman–Crippen LogP) is 5.41. The van der Waals surface area contributed by atoms with Gasteiger partial charge in [0.25, 0.3) is 5.91 Å². The van der Waals surface area contributed by atoms with Gasteiger partial charge in [0.2, 0.25) is 0 Å². The van der Waals surface area contributed by atoms with Crippen LogP contribution in [0, 0.1) is 11.3 Å². The van der Waals surface area contributed by atoms with Crippen molar-refractivity contribution in [3.05, 3.63) is 83.4 Å². The first kappa shape index (κ1) is 23.1. The molecule has 1 aliphatic heterocycles. The van der Waals surface area contributed by atoms with E-state index in [9.17, 15) is 18.0 Å². The largest absolute Gasteiger partial charge is 0.417 e. The SMILES string of the molecule is N#Cc1ccc(Nc2ccc(NC(=O)c3ccc(N4CCOCC4)cc3)cc2)cc1C(F)(F)F. The number of anilines is 4. The number of hydrogen-bond acceptors (Lipinski definition) is 5. The van der Waals surface area contributed by atoms with E-state index in [0.717, 1.165) is 30.9 Å². The molecule has 1 heterocycles. The maximum atomic E-state index is 13.2. The summed E-state index contributed by atoms with van der Waals surface area (Å²) >= 11 is 0. The van der Waals surface area contributed by atoms with Crippen LogP contribution in [0.25, 0.3) is 0 Å². The molecule has 6 nitrogen and oxygen atoms in total. The van der Waals surface area contributed by atoms with Crippen LogP contribution in [-0.2, 0) is 10.9 Å². The van der Waals surface area contributed by atoms with Gasteiger partial charge < -0.3 is 20.3 Å². The Morgan fingerprint density at radius 2 is 1.53 bits per heavy atom. The van der Waals surface area contributed by atoms with Crippen LogP contribution in [0.15, 0.2) is 66.7 Å². The molecule has 2 N–H and O–H groups in total. The molecular formula is C25H21F3N4O2. The molecule has 1 amide bonds. The van der Waals surface area contributed by atoms with Gasteiger partial charge in [-0.3, -0.25) is 4.79 Å². The number of carbonyl (C=O) groups excluding carboxylic acids is 1. The Kier molecular flexibility index (Phi) is 6.70. The first-order valence-electron chi connectivity index (χ1n) is 10.6. The molecule has 0 bridgehead atoms. The molecule has 0 aromatic heterocycles. The Bertz CT molecular complexity index is 1200. The van der Waals surface area contributed by atoms with Crippen LogP contribution in [0.5, 0.6) is 0 Å². The van der Waals surface area contributed by atoms with Crippen molar-refractivity contribution in [2.75, 3.05) is 41.8 Å². The Morgan fingerprint density at radius 3 is 2.15 bits per heavy atom. The van der Waals surface area contributed by atoms with Crippen molar-refractivity contribution in [1.82, 2.24) is 0 Å². The Labute approximate surface area is 194 Å². The van der Waals surface area contributed by atoms with Crippen LogP contribution in [0.1, 0.15) is 21.5 Å². The highest BCUT2D eigenvalue weighted by Crippen LogP contribution is 2.34. The number of benzene rings is 3. The molecule has 0 aliphatic carbocycles. The van der Waals surface area contributed by atoms with E-state index in [1.165, 1.54) is 6.07 Å². The number of nitrogens with one attached hydrogen (secondary N) is 2. The average Bonchev–Trinajstić information content (AvgIpc) is 2.85. The van der Waals surface area contributed by atoms with Crippen molar-refractivity contribution >= 4 is 28.7 Å². The number of nitrogens with zero attached hydrogens (tertiary/aromatic N) is 2. The van der Waals surface area contributed by atoms with Gasteiger partial charge in [-0.25, -0.2) is 0 Å². The van der Waals surface area contributed by atoms with E-state index in [4.69, 9.17) is 10.00 Å². The monoisotopic (exact) mass is 466 g/mol. The molecular weight excluding hydrogens is 445 g/mol. The van der Waals surface area contributed by atoms with Gasteiger partial charge in [-0.05, 0) is 66.7 Å². The number of hydrogen-bond donors (Lipinski definition) is 2. The Balaban J connectivity index is 1.39. The van der Waals surface area contributed by atoms with Crippen molar-refractivity contribution < 1.29 is 22.7 Å². The lowest BCUT2D eigenvalue weighted by Gasteiger charge is -2.28. The van der Waals surface area contributed by atoms with E-state index in [1.807, 2.05) is 12.1 Å². The Hall–Kier alpha value is -4.03. The third-order valence-electron chi connectivity index (χ3n) is 5.38. The fourth-order valence-electron chi connectivity index (χ4n) is 3.61. The Morgan fingerprint density at radius 1 is 0.912 bits per heavy atom. The number of ether oxygens (including phenoxy) is 1. The first-order chi connectivity index (χ1) is 16.3. The van der Waals surface area contributed by atoms with Gasteiger partial charge in [0.15, 0.2) is 0 Å². The van der Waals surface area contributed by atoms with Crippen LogP contribution < -0.4 is 15.5 Å². The lowest BCUT2D eigenvalue weighted by molar-refractivity contribution is -0.137. The second-order valence-corrected chi connectivity index (χ2v) is 7.67. The number of rotatable bonds is 5. The number of halogens is 3. The molecule has 3 aromatic rings. The quantitative estimate of drug-likeness (QED) is 0.526. The van der Waals surface area contributed by atoms with Crippen LogP contribution in [0.2, 0.25) is 0 Å². The highest BCUT2D eigenvalue weighted by atomic mass is 19.4. The van der Waals surface area contributed by atoms with E-state index in [-0.39, 0.29) is 11.6 Å². The molecule has 9 heteroatoms. The molecule has 1 fully saturated rings. The normalized spacial score (nSPS) is 13.8. The number of carbonyl (C=O) groups is 1. The van der Waals surface area contributed by atoms with E-state index in [2.05, 4.69) is 15.5 Å². The summed E-state index contributed by atoms with van der Waals surface area (Å²) in [6.45, 7) is 2.99. The standard InChI is InChI=1S/C25H21F3N4O2/c26-25(27,28)23-15-21(4-1-18(23)16-29)30-19-5-7-20(8-6-19)31-24(33)17-2-9-22(10-3-17)32-11-13-34-14-12-32/h1-10,15,30H,11-14H2,(H,31,33). The lowest BCUT2D eigenvalue weighted by Crippen LogP contribution is -2.36. The smallest absolute Gasteiger partial charge is 0.378 e. The van der Waals surface area contributed by atoms with Gasteiger partial charge in [0.1, 0.15) is 0 Å². The minimum absolute atomic E-state index is 0.198. The van der Waals surface area contributed by atoms with Crippen molar-refractivity contribution in [1.29, 1.82) is 5.26 Å². The van der Waals surface area contributed by atoms with Crippen molar-refractivity contribution in [2.24, 2.45) is 0 Å². The highest BCUT2D eigenvalue weighted by Gasteiger charge is 2.33. The van der Waals surface area contributed by atoms with Gasteiger partial charge in [-0.2, -0.15) is 18.4 Å². The molecule has 0 spiro atoms. The number of amides is 1. The van der Waals surface area contributed by atoms with Crippen molar-refractivity contribution in [3.8, 4) is 6.07 Å². The molecule has 0 saturated carbocycles. The molecule has 0 atom stereocenters. The van der Waals surface area contributed by atoms with Gasteiger partial charge >= 0.3 is 6.18 Å². The molecule has 34 heavy (non-hydrogen) atoms. The van der Waals surface area contributed by atoms with Crippen LogP contribution in [0.4, 0.5) is 35.9 Å². The van der Waals surface area contributed by atoms with Crippen LogP contribution in [0.3, 0.4) is 0 Å². The zero-order chi connectivity index (χ0) is 24.1. The molecule has 0 unspecified atom stereocenters. The lowest BCUT2D eigenvalue weighted by atomic mass is 10.1. The predicted molar refractivity (Wildman–Crippen MR) is 123 cm³/mol. The summed E-state index contributed by atoms with van der Waals surface area (Å²) in [6.07, 6.45) is -4.63. The van der Waals surface area contributed by atoms with Crippen LogP contribution >= 0.6 is 0 Å². The maximum absolute atomic E-state index is 13.2. The van der Waals surface area contributed by atoms with Gasteiger partial charge in [-0.1, -0.05) is 0 Å². The minimum atomic E-state index is -4.63. The highest BCUT2D eigenvalue weighted by molar-refractivity contribution is 6.04. The topological polar surface area (TPSA) is 77.4 Å².